The third kappa shape index (κ3) is 9.52. The number of anilines is 3. The summed E-state index contributed by atoms with van der Waals surface area (Å²) < 4.78 is 18.0. The topological polar surface area (TPSA) is 110 Å². The number of amides is 1. The zero-order chi connectivity index (χ0) is 33.3. The number of nitrogens with zero attached hydrogens (tertiary/aromatic N) is 4. The SMILES string of the molecule is CCN1CCN(c2cccc(Nc3ncc(Br)cn3)c2)CC1.CONC(=O)c1cc(/C=C/B2OC(C)(C)C(C)(C)O2)cc(OC)c1. The van der Waals surface area contributed by atoms with Gasteiger partial charge in [0.05, 0.1) is 29.9 Å². The van der Waals surface area contributed by atoms with Crippen LogP contribution in [0.3, 0.4) is 0 Å². The second kappa shape index (κ2) is 15.9. The van der Waals surface area contributed by atoms with Gasteiger partial charge in [-0.1, -0.05) is 25.0 Å². The van der Waals surface area contributed by atoms with E-state index < -0.39 is 7.12 Å². The summed E-state index contributed by atoms with van der Waals surface area (Å²) in [6, 6.07) is 13.6. The number of piperazine rings is 1. The molecule has 13 heteroatoms. The maximum Gasteiger partial charge on any atom is 0.487 e. The summed E-state index contributed by atoms with van der Waals surface area (Å²) in [6.07, 6.45) is 5.32. The van der Waals surface area contributed by atoms with E-state index in [2.05, 4.69) is 76.5 Å². The Bertz CT molecular complexity index is 1470. The maximum atomic E-state index is 11.9. The van der Waals surface area contributed by atoms with Crippen LogP contribution in [0.25, 0.3) is 6.08 Å². The Balaban J connectivity index is 0.000000209. The van der Waals surface area contributed by atoms with E-state index in [1.54, 1.807) is 31.6 Å². The van der Waals surface area contributed by atoms with Crippen LogP contribution in [0.1, 0.15) is 50.5 Å². The van der Waals surface area contributed by atoms with Crippen LogP contribution in [-0.2, 0) is 14.1 Å². The first-order chi connectivity index (χ1) is 21.9. The monoisotopic (exact) mass is 694 g/mol. The smallest absolute Gasteiger partial charge is 0.487 e. The standard InChI is InChI=1S/C17H24BNO5.C16H20BrN5/c1-16(2)17(3,4)24-18(23-16)8-7-12-9-13(15(20)19-22-6)11-14(10-12)21-5;1-2-21-6-8-22(9-7-21)15-5-3-4-14(10-15)20-16-18-11-13(17)12-19-16/h7-11H,1-6H3,(H,19,20);3-5,10-12H,2,6-9H2,1H3,(H,18,19,20)/b8-7+;. The molecule has 2 aliphatic rings. The van der Waals surface area contributed by atoms with Crippen LogP contribution in [0, 0.1) is 0 Å². The molecule has 2 fully saturated rings. The molecule has 0 unspecified atom stereocenters. The molecule has 0 spiro atoms. The lowest BCUT2D eigenvalue weighted by atomic mass is 9.89. The molecule has 2 N–H and O–H groups in total. The molecule has 3 aromatic rings. The Morgan fingerprint density at radius 3 is 2.30 bits per heavy atom. The molecule has 2 aromatic carbocycles. The fourth-order valence-corrected chi connectivity index (χ4v) is 5.09. The molecule has 5 rings (SSSR count). The number of nitrogens with one attached hydrogen (secondary N) is 2. The molecule has 2 aliphatic heterocycles. The van der Waals surface area contributed by atoms with E-state index in [1.807, 2.05) is 51.9 Å². The number of hydroxylamine groups is 1. The number of carbonyl (C=O) groups excluding carboxylic acids is 1. The van der Waals surface area contributed by atoms with Gasteiger partial charge < -0.3 is 29.2 Å². The van der Waals surface area contributed by atoms with Gasteiger partial charge in [0.1, 0.15) is 5.75 Å². The number of hydrogen-bond acceptors (Lipinski definition) is 10. The zero-order valence-corrected chi connectivity index (χ0v) is 29.3. The van der Waals surface area contributed by atoms with Gasteiger partial charge in [0, 0.05) is 55.5 Å². The van der Waals surface area contributed by atoms with Crippen molar-refractivity contribution in [1.29, 1.82) is 0 Å². The molecule has 46 heavy (non-hydrogen) atoms. The van der Waals surface area contributed by atoms with Crippen LogP contribution in [0.15, 0.2) is 65.3 Å². The zero-order valence-electron chi connectivity index (χ0n) is 27.7. The third-order valence-corrected chi connectivity index (χ3v) is 8.66. The normalized spacial score (nSPS) is 17.4. The maximum absolute atomic E-state index is 11.9. The number of halogens is 1. The van der Waals surface area contributed by atoms with E-state index in [0.717, 1.165) is 48.4 Å². The van der Waals surface area contributed by atoms with Crippen LogP contribution >= 0.6 is 15.9 Å². The minimum Gasteiger partial charge on any atom is -0.497 e. The van der Waals surface area contributed by atoms with Crippen LogP contribution in [-0.4, -0.2) is 86.0 Å². The van der Waals surface area contributed by atoms with E-state index in [1.165, 1.54) is 12.8 Å². The Hall–Kier alpha value is -3.49. The molecular weight excluding hydrogens is 651 g/mol. The van der Waals surface area contributed by atoms with E-state index in [4.69, 9.17) is 14.0 Å². The molecular formula is C33H44BBrN6O5. The van der Waals surface area contributed by atoms with Gasteiger partial charge in [0.2, 0.25) is 5.95 Å². The number of hydrogen-bond donors (Lipinski definition) is 2. The second-order valence-electron chi connectivity index (χ2n) is 11.9. The number of aromatic nitrogens is 2. The van der Waals surface area contributed by atoms with E-state index in [9.17, 15) is 4.79 Å². The predicted molar refractivity (Wildman–Crippen MR) is 186 cm³/mol. The minimum atomic E-state index is -0.447. The fraction of sp³-hybridized carbons (Fsp3) is 0.424. The van der Waals surface area contributed by atoms with Crippen molar-refractivity contribution in [3.05, 3.63) is 76.4 Å². The van der Waals surface area contributed by atoms with E-state index >= 15 is 0 Å². The van der Waals surface area contributed by atoms with Gasteiger partial charge in [-0.05, 0) is 92.1 Å². The van der Waals surface area contributed by atoms with Gasteiger partial charge in [0.15, 0.2) is 0 Å². The number of benzene rings is 2. The molecule has 0 saturated carbocycles. The molecule has 0 bridgehead atoms. The lowest BCUT2D eigenvalue weighted by Gasteiger charge is -2.35. The number of ether oxygens (including phenoxy) is 1. The highest BCUT2D eigenvalue weighted by molar-refractivity contribution is 9.10. The third-order valence-electron chi connectivity index (χ3n) is 8.25. The van der Waals surface area contributed by atoms with E-state index in [0.29, 0.717) is 17.3 Å². The molecule has 3 heterocycles. The van der Waals surface area contributed by atoms with Gasteiger partial charge in [-0.15, -0.1) is 0 Å². The van der Waals surface area contributed by atoms with Gasteiger partial charge in [-0.2, -0.15) is 0 Å². The van der Waals surface area contributed by atoms with E-state index in [-0.39, 0.29) is 17.1 Å². The highest BCUT2D eigenvalue weighted by atomic mass is 79.9. The highest BCUT2D eigenvalue weighted by Gasteiger charge is 2.50. The van der Waals surface area contributed by atoms with Crippen molar-refractivity contribution >= 4 is 52.4 Å². The van der Waals surface area contributed by atoms with Gasteiger partial charge >= 0.3 is 7.12 Å². The van der Waals surface area contributed by atoms with Crippen molar-refractivity contribution in [3.8, 4) is 5.75 Å². The Kier molecular flexibility index (Phi) is 12.2. The molecule has 0 radical (unpaired) electrons. The van der Waals surface area contributed by atoms with Crippen molar-refractivity contribution in [1.82, 2.24) is 20.3 Å². The predicted octanol–water partition coefficient (Wildman–Crippen LogP) is 5.76. The molecule has 2 saturated heterocycles. The summed E-state index contributed by atoms with van der Waals surface area (Å²) in [5.41, 5.74) is 5.00. The van der Waals surface area contributed by atoms with Crippen molar-refractivity contribution in [2.45, 2.75) is 45.8 Å². The van der Waals surface area contributed by atoms with Crippen molar-refractivity contribution in [2.75, 3.05) is 57.2 Å². The summed E-state index contributed by atoms with van der Waals surface area (Å²) >= 11 is 3.34. The average Bonchev–Trinajstić information content (AvgIpc) is 3.26. The first-order valence-electron chi connectivity index (χ1n) is 15.3. The van der Waals surface area contributed by atoms with Crippen LogP contribution in [0.5, 0.6) is 5.75 Å². The van der Waals surface area contributed by atoms with Crippen molar-refractivity contribution < 1.29 is 23.7 Å². The molecule has 11 nitrogen and oxygen atoms in total. The highest BCUT2D eigenvalue weighted by Crippen LogP contribution is 2.37. The van der Waals surface area contributed by atoms with Gasteiger partial charge in [-0.3, -0.25) is 9.63 Å². The molecule has 0 atom stereocenters. The number of rotatable bonds is 9. The van der Waals surface area contributed by atoms with Crippen LogP contribution in [0.4, 0.5) is 17.3 Å². The number of methoxy groups -OCH3 is 1. The van der Waals surface area contributed by atoms with Crippen molar-refractivity contribution in [3.63, 3.8) is 0 Å². The number of carbonyl (C=O) groups is 1. The Morgan fingerprint density at radius 1 is 1.02 bits per heavy atom. The first kappa shape index (κ1) is 35.4. The lowest BCUT2D eigenvalue weighted by molar-refractivity contribution is 0.00578. The summed E-state index contributed by atoms with van der Waals surface area (Å²) in [4.78, 5) is 30.0. The Labute approximate surface area is 280 Å². The van der Waals surface area contributed by atoms with Gasteiger partial charge in [0.25, 0.3) is 5.91 Å². The van der Waals surface area contributed by atoms with Crippen LogP contribution in [0.2, 0.25) is 0 Å². The second-order valence-corrected chi connectivity index (χ2v) is 12.9. The Morgan fingerprint density at radius 2 is 1.70 bits per heavy atom. The molecule has 246 valence electrons. The molecule has 0 aliphatic carbocycles. The summed E-state index contributed by atoms with van der Waals surface area (Å²) in [5, 5.41) is 3.25. The number of likely N-dealkylation sites (N-methyl/N-ethyl adjacent to an activating group) is 1. The summed E-state index contributed by atoms with van der Waals surface area (Å²) in [5.74, 6) is 2.66. The average molecular weight is 695 g/mol. The first-order valence-corrected chi connectivity index (χ1v) is 16.1. The molecule has 1 aromatic heterocycles. The lowest BCUT2D eigenvalue weighted by Crippen LogP contribution is -2.46. The van der Waals surface area contributed by atoms with Crippen molar-refractivity contribution in [2.24, 2.45) is 0 Å². The summed E-state index contributed by atoms with van der Waals surface area (Å²) in [6.45, 7) is 15.8. The minimum absolute atomic E-state index is 0.346. The summed E-state index contributed by atoms with van der Waals surface area (Å²) in [7, 11) is 2.49. The van der Waals surface area contributed by atoms with Gasteiger partial charge in [-0.25, -0.2) is 15.4 Å². The van der Waals surface area contributed by atoms with Crippen LogP contribution < -0.4 is 20.4 Å². The fourth-order valence-electron chi connectivity index (χ4n) is 4.88. The molecule has 1 amide bonds. The largest absolute Gasteiger partial charge is 0.497 e. The quantitative estimate of drug-likeness (QED) is 0.212.